The van der Waals surface area contributed by atoms with Gasteiger partial charge in [-0.25, -0.2) is 9.37 Å². The molecule has 0 radical (unpaired) electrons. The number of rotatable bonds is 4. The summed E-state index contributed by atoms with van der Waals surface area (Å²) >= 11 is 5.83. The topological polar surface area (TPSA) is 43.8 Å². The lowest BCUT2D eigenvalue weighted by molar-refractivity contribution is 0.628. The average Bonchev–Trinajstić information content (AvgIpc) is 2.67. The number of nitrogens with two attached hydrogens (primary N) is 1. The van der Waals surface area contributed by atoms with Crippen LogP contribution in [0.5, 0.6) is 0 Å². The fourth-order valence-electron chi connectivity index (χ4n) is 1.81. The first-order valence-corrected chi connectivity index (χ1v) is 6.26. The zero-order chi connectivity index (χ0) is 13.1. The van der Waals surface area contributed by atoms with Gasteiger partial charge in [0.1, 0.15) is 17.3 Å². The van der Waals surface area contributed by atoms with E-state index in [2.05, 4.69) is 11.9 Å². The predicted octanol–water partition coefficient (Wildman–Crippen LogP) is 3.72. The number of nitrogen functional groups attached to an aromatic ring is 1. The van der Waals surface area contributed by atoms with Gasteiger partial charge in [-0.3, -0.25) is 0 Å². The molecule has 0 atom stereocenters. The van der Waals surface area contributed by atoms with Crippen molar-refractivity contribution in [2.24, 2.45) is 0 Å². The van der Waals surface area contributed by atoms with Crippen LogP contribution >= 0.6 is 11.6 Å². The van der Waals surface area contributed by atoms with Crippen LogP contribution in [0.4, 0.5) is 10.2 Å². The van der Waals surface area contributed by atoms with Crippen LogP contribution < -0.4 is 5.73 Å². The lowest BCUT2D eigenvalue weighted by atomic mass is 10.1. The normalized spacial score (nSPS) is 10.8. The summed E-state index contributed by atoms with van der Waals surface area (Å²) in [7, 11) is 0. The van der Waals surface area contributed by atoms with Crippen molar-refractivity contribution < 1.29 is 4.39 Å². The van der Waals surface area contributed by atoms with Crippen LogP contribution in [-0.2, 0) is 6.54 Å². The van der Waals surface area contributed by atoms with E-state index in [1.54, 1.807) is 12.4 Å². The largest absolute Gasteiger partial charge is 0.383 e. The number of anilines is 1. The van der Waals surface area contributed by atoms with Gasteiger partial charge in [0, 0.05) is 17.1 Å². The summed E-state index contributed by atoms with van der Waals surface area (Å²) in [6.45, 7) is 2.93. The lowest BCUT2D eigenvalue weighted by Gasteiger charge is -2.05. The summed E-state index contributed by atoms with van der Waals surface area (Å²) in [6.07, 6.45) is 3.79. The number of hydrogen-bond acceptors (Lipinski definition) is 2. The first-order valence-electron chi connectivity index (χ1n) is 5.89. The molecule has 0 unspecified atom stereocenters. The fourth-order valence-corrected chi connectivity index (χ4v) is 2.03. The molecule has 0 amide bonds. The molecule has 3 nitrogen and oxygen atoms in total. The number of unbranched alkanes of at least 4 members (excludes halogenated alkanes) is 1. The first-order chi connectivity index (χ1) is 8.61. The van der Waals surface area contributed by atoms with E-state index in [1.165, 1.54) is 12.1 Å². The number of nitrogens with zero attached hydrogens (tertiary/aromatic N) is 2. The smallest absolute Gasteiger partial charge is 0.131 e. The summed E-state index contributed by atoms with van der Waals surface area (Å²) in [5.74, 6) is 0.158. The summed E-state index contributed by atoms with van der Waals surface area (Å²) in [5.41, 5.74) is 7.19. The zero-order valence-electron chi connectivity index (χ0n) is 10.2. The molecule has 0 bridgehead atoms. The maximum absolute atomic E-state index is 13.3. The Bertz CT molecular complexity index is 531. The molecule has 5 heteroatoms. The van der Waals surface area contributed by atoms with Crippen LogP contribution in [0.2, 0.25) is 5.02 Å². The van der Waals surface area contributed by atoms with E-state index in [0.29, 0.717) is 22.1 Å². The minimum Gasteiger partial charge on any atom is -0.383 e. The molecule has 0 saturated heterocycles. The minimum absolute atomic E-state index is 0.340. The van der Waals surface area contributed by atoms with Gasteiger partial charge >= 0.3 is 0 Å². The molecule has 1 aromatic carbocycles. The highest BCUT2D eigenvalue weighted by Crippen LogP contribution is 2.27. The summed E-state index contributed by atoms with van der Waals surface area (Å²) < 4.78 is 15.2. The molecule has 2 aromatic rings. The van der Waals surface area contributed by atoms with Gasteiger partial charge < -0.3 is 10.3 Å². The predicted molar refractivity (Wildman–Crippen MR) is 72.0 cm³/mol. The van der Waals surface area contributed by atoms with Crippen molar-refractivity contribution in [1.82, 2.24) is 9.55 Å². The van der Waals surface area contributed by atoms with Crippen molar-refractivity contribution in [2.45, 2.75) is 26.3 Å². The van der Waals surface area contributed by atoms with Gasteiger partial charge in [0.05, 0.1) is 6.33 Å². The Kier molecular flexibility index (Phi) is 3.87. The van der Waals surface area contributed by atoms with E-state index >= 15 is 0 Å². The SMILES string of the molecule is CCCCn1cnc(-c2cc(F)cc(Cl)c2)c1N. The minimum atomic E-state index is -0.389. The van der Waals surface area contributed by atoms with Crippen molar-refractivity contribution in [3.05, 3.63) is 35.4 Å². The van der Waals surface area contributed by atoms with Crippen LogP contribution in [0.15, 0.2) is 24.5 Å². The molecule has 0 aliphatic heterocycles. The second kappa shape index (κ2) is 5.40. The Labute approximate surface area is 110 Å². The average molecular weight is 268 g/mol. The van der Waals surface area contributed by atoms with Gasteiger partial charge in [-0.1, -0.05) is 24.9 Å². The van der Waals surface area contributed by atoms with E-state index in [0.717, 1.165) is 19.4 Å². The second-order valence-electron chi connectivity index (χ2n) is 4.18. The van der Waals surface area contributed by atoms with Crippen LogP contribution in [-0.4, -0.2) is 9.55 Å². The van der Waals surface area contributed by atoms with Gasteiger partial charge in [-0.2, -0.15) is 0 Å². The molecule has 0 saturated carbocycles. The zero-order valence-corrected chi connectivity index (χ0v) is 10.9. The monoisotopic (exact) mass is 267 g/mol. The van der Waals surface area contributed by atoms with Crippen LogP contribution in [0.3, 0.4) is 0 Å². The van der Waals surface area contributed by atoms with Gasteiger partial charge in [0.25, 0.3) is 0 Å². The summed E-state index contributed by atoms with van der Waals surface area (Å²) in [5, 5.41) is 0.340. The number of benzene rings is 1. The Morgan fingerprint density at radius 2 is 2.17 bits per heavy atom. The molecule has 1 aromatic heterocycles. The van der Waals surface area contributed by atoms with E-state index in [9.17, 15) is 4.39 Å². The number of aromatic nitrogens is 2. The van der Waals surface area contributed by atoms with Crippen LogP contribution in [0.1, 0.15) is 19.8 Å². The molecular formula is C13H15ClFN3. The number of hydrogen-bond donors (Lipinski definition) is 1. The molecule has 0 aliphatic rings. The maximum Gasteiger partial charge on any atom is 0.131 e. The summed E-state index contributed by atoms with van der Waals surface area (Å²) in [4.78, 5) is 4.23. The molecular weight excluding hydrogens is 253 g/mol. The van der Waals surface area contributed by atoms with Crippen molar-refractivity contribution in [1.29, 1.82) is 0 Å². The third-order valence-electron chi connectivity index (χ3n) is 2.77. The van der Waals surface area contributed by atoms with Gasteiger partial charge in [-0.05, 0) is 24.6 Å². The Morgan fingerprint density at radius 3 is 2.83 bits per heavy atom. The second-order valence-corrected chi connectivity index (χ2v) is 4.62. The van der Waals surface area contributed by atoms with E-state index in [1.807, 2.05) is 4.57 Å². The highest BCUT2D eigenvalue weighted by Gasteiger charge is 2.11. The number of halogens is 2. The number of imidazole rings is 1. The highest BCUT2D eigenvalue weighted by molar-refractivity contribution is 6.30. The van der Waals surface area contributed by atoms with Gasteiger partial charge in [-0.15, -0.1) is 0 Å². The molecule has 2 N–H and O–H groups in total. The molecule has 96 valence electrons. The quantitative estimate of drug-likeness (QED) is 0.917. The van der Waals surface area contributed by atoms with E-state index in [-0.39, 0.29) is 5.82 Å². The van der Waals surface area contributed by atoms with E-state index < -0.39 is 0 Å². The van der Waals surface area contributed by atoms with Crippen molar-refractivity contribution in [2.75, 3.05) is 5.73 Å². The Hall–Kier alpha value is -1.55. The fraction of sp³-hybridized carbons (Fsp3) is 0.308. The van der Waals surface area contributed by atoms with Crippen molar-refractivity contribution >= 4 is 17.4 Å². The highest BCUT2D eigenvalue weighted by atomic mass is 35.5. The third kappa shape index (κ3) is 2.64. The van der Waals surface area contributed by atoms with Gasteiger partial charge in [0.15, 0.2) is 0 Å². The molecule has 2 rings (SSSR count). The standard InChI is InChI=1S/C13H15ClFN3/c1-2-3-4-18-8-17-12(13(18)16)9-5-10(14)7-11(15)6-9/h5-8H,2-4,16H2,1H3. The molecule has 0 fully saturated rings. The summed E-state index contributed by atoms with van der Waals surface area (Å²) in [6, 6.07) is 4.30. The van der Waals surface area contributed by atoms with E-state index in [4.69, 9.17) is 17.3 Å². The molecule has 1 heterocycles. The first kappa shape index (κ1) is 12.9. The van der Waals surface area contributed by atoms with Gasteiger partial charge in [0.2, 0.25) is 0 Å². The molecule has 0 spiro atoms. The Balaban J connectivity index is 2.36. The van der Waals surface area contributed by atoms with Crippen molar-refractivity contribution in [3.8, 4) is 11.3 Å². The molecule has 0 aliphatic carbocycles. The van der Waals surface area contributed by atoms with Crippen LogP contribution in [0, 0.1) is 5.82 Å². The Morgan fingerprint density at radius 1 is 1.39 bits per heavy atom. The van der Waals surface area contributed by atoms with Crippen LogP contribution in [0.25, 0.3) is 11.3 Å². The lowest BCUT2D eigenvalue weighted by Crippen LogP contribution is -2.02. The van der Waals surface area contributed by atoms with Crippen molar-refractivity contribution in [3.63, 3.8) is 0 Å². The maximum atomic E-state index is 13.3. The number of aryl methyl sites for hydroxylation is 1. The third-order valence-corrected chi connectivity index (χ3v) is 2.99. The molecule has 18 heavy (non-hydrogen) atoms.